The average Bonchev–Trinajstić information content (AvgIpc) is 2.20. The Morgan fingerprint density at radius 1 is 1.21 bits per heavy atom. The molecule has 0 fully saturated rings. The van der Waals surface area contributed by atoms with E-state index in [1.807, 2.05) is 30.0 Å². The van der Waals surface area contributed by atoms with E-state index in [0.717, 1.165) is 24.4 Å². The summed E-state index contributed by atoms with van der Waals surface area (Å²) >= 11 is 1.82. The second-order valence-electron chi connectivity index (χ2n) is 2.83. The zero-order valence-electron chi connectivity index (χ0n) is 8.67. The largest absolute Gasteiger partial charge is 0.384 e. The molecule has 1 unspecified atom stereocenters. The number of thioether (sulfide) groups is 1. The summed E-state index contributed by atoms with van der Waals surface area (Å²) in [5, 5.41) is 3.59. The second-order valence-corrected chi connectivity index (χ2v) is 4.07. The van der Waals surface area contributed by atoms with E-state index in [2.05, 4.69) is 31.6 Å². The van der Waals surface area contributed by atoms with E-state index in [1.54, 1.807) is 0 Å². The van der Waals surface area contributed by atoms with E-state index < -0.39 is 0 Å². The van der Waals surface area contributed by atoms with Crippen LogP contribution < -0.4 is 5.32 Å². The van der Waals surface area contributed by atoms with Gasteiger partial charge in [-0.25, -0.2) is 0 Å². The van der Waals surface area contributed by atoms with Crippen LogP contribution in [0.5, 0.6) is 0 Å². The standard InChI is InChI=1S/C12H19NS/c1-5-8-12(14-10-7-3)11(4)13-9-6-2/h5-7,12-13H,1-4,8-10H2. The van der Waals surface area contributed by atoms with Crippen LogP contribution in [0.4, 0.5) is 0 Å². The molecule has 0 aromatic rings. The molecule has 0 aliphatic rings. The average molecular weight is 209 g/mol. The SMILES string of the molecule is C=CCNC(=C)C(CC=C)SCC=C. The van der Waals surface area contributed by atoms with Crippen LogP contribution in [0.25, 0.3) is 0 Å². The monoisotopic (exact) mass is 209 g/mol. The first-order chi connectivity index (χ1) is 6.76. The van der Waals surface area contributed by atoms with Gasteiger partial charge in [0.1, 0.15) is 0 Å². The fourth-order valence-electron chi connectivity index (χ4n) is 0.964. The van der Waals surface area contributed by atoms with Crippen molar-refractivity contribution in [2.24, 2.45) is 0 Å². The van der Waals surface area contributed by atoms with Gasteiger partial charge < -0.3 is 5.32 Å². The lowest BCUT2D eigenvalue weighted by atomic mass is 10.2. The molecule has 0 aliphatic heterocycles. The number of allylic oxidation sites excluding steroid dienone is 1. The Labute approximate surface area is 91.7 Å². The summed E-state index contributed by atoms with van der Waals surface area (Å²) in [5.41, 5.74) is 1.04. The first-order valence-corrected chi connectivity index (χ1v) is 5.68. The molecule has 0 saturated heterocycles. The highest BCUT2D eigenvalue weighted by molar-refractivity contribution is 8.00. The van der Waals surface area contributed by atoms with Gasteiger partial charge in [-0.2, -0.15) is 0 Å². The molecule has 0 heterocycles. The molecular formula is C12H19NS. The highest BCUT2D eigenvalue weighted by atomic mass is 32.2. The van der Waals surface area contributed by atoms with E-state index >= 15 is 0 Å². The third-order valence-electron chi connectivity index (χ3n) is 1.66. The molecule has 0 bridgehead atoms. The van der Waals surface area contributed by atoms with Gasteiger partial charge in [0.05, 0.1) is 0 Å². The normalized spacial score (nSPS) is 11.4. The summed E-state index contributed by atoms with van der Waals surface area (Å²) in [4.78, 5) is 0. The molecule has 0 rings (SSSR count). The van der Waals surface area contributed by atoms with Gasteiger partial charge in [-0.05, 0) is 6.42 Å². The molecule has 1 N–H and O–H groups in total. The molecule has 0 spiro atoms. The topological polar surface area (TPSA) is 12.0 Å². The van der Waals surface area contributed by atoms with Crippen LogP contribution in [-0.2, 0) is 0 Å². The Hall–Kier alpha value is -0.890. The van der Waals surface area contributed by atoms with Crippen molar-refractivity contribution in [3.05, 3.63) is 50.2 Å². The molecule has 2 heteroatoms. The maximum atomic E-state index is 4.00. The van der Waals surface area contributed by atoms with E-state index in [1.165, 1.54) is 0 Å². The van der Waals surface area contributed by atoms with Gasteiger partial charge in [0.15, 0.2) is 0 Å². The molecule has 0 aromatic carbocycles. The fourth-order valence-corrected chi connectivity index (χ4v) is 1.89. The Bertz CT molecular complexity index is 208. The second kappa shape index (κ2) is 8.70. The van der Waals surface area contributed by atoms with Crippen LogP contribution in [0.15, 0.2) is 50.2 Å². The Morgan fingerprint density at radius 2 is 1.93 bits per heavy atom. The summed E-state index contributed by atoms with van der Waals surface area (Å²) in [7, 11) is 0. The van der Waals surface area contributed by atoms with Crippen molar-refractivity contribution in [3.63, 3.8) is 0 Å². The van der Waals surface area contributed by atoms with Crippen LogP contribution >= 0.6 is 11.8 Å². The zero-order chi connectivity index (χ0) is 10.8. The summed E-state index contributed by atoms with van der Waals surface area (Å²) in [6.07, 6.45) is 6.58. The predicted molar refractivity (Wildman–Crippen MR) is 68.6 cm³/mol. The minimum Gasteiger partial charge on any atom is -0.384 e. The number of hydrogen-bond donors (Lipinski definition) is 1. The fraction of sp³-hybridized carbons (Fsp3) is 0.333. The van der Waals surface area contributed by atoms with Gasteiger partial charge in [0.2, 0.25) is 0 Å². The Balaban J connectivity index is 4.01. The predicted octanol–water partition coefficient (Wildman–Crippen LogP) is 3.14. The van der Waals surface area contributed by atoms with Crippen molar-refractivity contribution in [1.82, 2.24) is 5.32 Å². The van der Waals surface area contributed by atoms with Crippen molar-refractivity contribution >= 4 is 11.8 Å². The summed E-state index contributed by atoms with van der Waals surface area (Å²) in [6.45, 7) is 15.9. The van der Waals surface area contributed by atoms with Gasteiger partial charge in [-0.1, -0.05) is 24.8 Å². The van der Waals surface area contributed by atoms with Crippen LogP contribution in [0.2, 0.25) is 0 Å². The molecule has 0 aromatic heterocycles. The first kappa shape index (κ1) is 13.1. The molecule has 78 valence electrons. The third kappa shape index (κ3) is 5.70. The maximum Gasteiger partial charge on any atom is 0.0476 e. The lowest BCUT2D eigenvalue weighted by Gasteiger charge is -2.17. The summed E-state index contributed by atoms with van der Waals surface area (Å²) in [5.74, 6) is 0.938. The van der Waals surface area contributed by atoms with Crippen LogP contribution in [0, 0.1) is 0 Å². The van der Waals surface area contributed by atoms with E-state index in [4.69, 9.17) is 0 Å². The first-order valence-electron chi connectivity index (χ1n) is 4.63. The summed E-state index contributed by atoms with van der Waals surface area (Å²) in [6, 6.07) is 0. The Kier molecular flexibility index (Phi) is 8.14. The van der Waals surface area contributed by atoms with Crippen molar-refractivity contribution < 1.29 is 0 Å². The highest BCUT2D eigenvalue weighted by Crippen LogP contribution is 2.20. The van der Waals surface area contributed by atoms with Gasteiger partial charge in [-0.3, -0.25) is 0 Å². The van der Waals surface area contributed by atoms with E-state index in [-0.39, 0.29) is 0 Å². The number of rotatable bonds is 9. The van der Waals surface area contributed by atoms with Gasteiger partial charge >= 0.3 is 0 Å². The zero-order valence-corrected chi connectivity index (χ0v) is 9.48. The van der Waals surface area contributed by atoms with Crippen molar-refractivity contribution in [1.29, 1.82) is 0 Å². The number of hydrogen-bond acceptors (Lipinski definition) is 2. The van der Waals surface area contributed by atoms with Crippen molar-refractivity contribution in [2.45, 2.75) is 11.7 Å². The quantitative estimate of drug-likeness (QED) is 0.585. The molecule has 14 heavy (non-hydrogen) atoms. The Morgan fingerprint density at radius 3 is 2.43 bits per heavy atom. The van der Waals surface area contributed by atoms with Crippen molar-refractivity contribution in [3.8, 4) is 0 Å². The lowest BCUT2D eigenvalue weighted by Crippen LogP contribution is -2.21. The van der Waals surface area contributed by atoms with Crippen LogP contribution in [-0.4, -0.2) is 17.5 Å². The minimum atomic E-state index is 0.380. The minimum absolute atomic E-state index is 0.380. The van der Waals surface area contributed by atoms with Crippen molar-refractivity contribution in [2.75, 3.05) is 12.3 Å². The van der Waals surface area contributed by atoms with Crippen LogP contribution in [0.3, 0.4) is 0 Å². The molecule has 1 nitrogen and oxygen atoms in total. The molecule has 0 amide bonds. The van der Waals surface area contributed by atoms with Gasteiger partial charge in [-0.15, -0.1) is 31.5 Å². The summed E-state index contributed by atoms with van der Waals surface area (Å²) < 4.78 is 0. The highest BCUT2D eigenvalue weighted by Gasteiger charge is 2.09. The molecule has 0 aliphatic carbocycles. The van der Waals surface area contributed by atoms with E-state index in [0.29, 0.717) is 5.25 Å². The van der Waals surface area contributed by atoms with Crippen LogP contribution in [0.1, 0.15) is 6.42 Å². The number of nitrogens with one attached hydrogen (secondary N) is 1. The maximum absolute atomic E-state index is 4.00. The lowest BCUT2D eigenvalue weighted by molar-refractivity contribution is 0.829. The molecular weight excluding hydrogens is 190 g/mol. The van der Waals surface area contributed by atoms with Gasteiger partial charge in [0, 0.05) is 23.2 Å². The molecule has 0 radical (unpaired) electrons. The van der Waals surface area contributed by atoms with Gasteiger partial charge in [0.25, 0.3) is 0 Å². The smallest absolute Gasteiger partial charge is 0.0476 e. The molecule has 1 atom stereocenters. The third-order valence-corrected chi connectivity index (χ3v) is 2.97. The van der Waals surface area contributed by atoms with E-state index in [9.17, 15) is 0 Å². The molecule has 0 saturated carbocycles.